The van der Waals surface area contributed by atoms with Crippen LogP contribution in [-0.4, -0.2) is 54.2 Å². The van der Waals surface area contributed by atoms with E-state index in [1.54, 1.807) is 4.90 Å². The van der Waals surface area contributed by atoms with Crippen LogP contribution in [0.3, 0.4) is 0 Å². The number of nitrogens with one attached hydrogen (secondary N) is 1. The van der Waals surface area contributed by atoms with Gasteiger partial charge in [-0.15, -0.1) is 0 Å². The number of hydrogen-bond acceptors (Lipinski definition) is 3. The lowest BCUT2D eigenvalue weighted by molar-refractivity contribution is -0.140. The number of benzene rings is 1. The predicted octanol–water partition coefficient (Wildman–Crippen LogP) is 2.29. The third-order valence-electron chi connectivity index (χ3n) is 5.88. The van der Waals surface area contributed by atoms with E-state index in [-0.39, 0.29) is 23.7 Å². The molecule has 1 aromatic carbocycles. The number of nitrogens with zero attached hydrogens (tertiary/aromatic N) is 2. The molecule has 0 radical (unpaired) electrons. The molecule has 1 N–H and O–H groups in total. The van der Waals surface area contributed by atoms with Crippen molar-refractivity contribution in [2.45, 2.75) is 39.0 Å². The van der Waals surface area contributed by atoms with Gasteiger partial charge in [0.15, 0.2) is 0 Å². The van der Waals surface area contributed by atoms with Gasteiger partial charge in [-0.1, -0.05) is 25.1 Å². The molecule has 3 rings (SSSR count). The predicted molar refractivity (Wildman–Crippen MR) is 104 cm³/mol. The maximum Gasteiger partial charge on any atom is 0.227 e. The van der Waals surface area contributed by atoms with Gasteiger partial charge >= 0.3 is 0 Å². The van der Waals surface area contributed by atoms with Crippen LogP contribution in [0.5, 0.6) is 0 Å². The summed E-state index contributed by atoms with van der Waals surface area (Å²) in [5.74, 6) is 0.253. The maximum absolute atomic E-state index is 12.7. The molecular weight excluding hydrogens is 342 g/mol. The summed E-state index contributed by atoms with van der Waals surface area (Å²) >= 11 is 0. The first kappa shape index (κ1) is 19.4. The van der Waals surface area contributed by atoms with E-state index in [0.717, 1.165) is 49.8 Å². The first-order valence-electron chi connectivity index (χ1n) is 9.99. The Hall–Kier alpha value is -2.37. The van der Waals surface area contributed by atoms with E-state index in [0.29, 0.717) is 26.2 Å². The van der Waals surface area contributed by atoms with E-state index in [1.807, 2.05) is 29.2 Å². The van der Waals surface area contributed by atoms with E-state index in [9.17, 15) is 14.4 Å². The van der Waals surface area contributed by atoms with Crippen molar-refractivity contribution < 1.29 is 14.4 Å². The highest BCUT2D eigenvalue weighted by atomic mass is 16.2. The number of carbonyl (C=O) groups excluding carboxylic acids is 3. The number of aryl methyl sites for hydroxylation is 1. The van der Waals surface area contributed by atoms with E-state index in [1.165, 1.54) is 0 Å². The Morgan fingerprint density at radius 2 is 1.67 bits per heavy atom. The molecule has 2 aliphatic rings. The van der Waals surface area contributed by atoms with Crippen LogP contribution in [0.15, 0.2) is 24.3 Å². The molecule has 2 fully saturated rings. The molecule has 0 atom stereocenters. The fourth-order valence-corrected chi connectivity index (χ4v) is 4.09. The highest BCUT2D eigenvalue weighted by Gasteiger charge is 2.33. The Morgan fingerprint density at radius 3 is 2.30 bits per heavy atom. The summed E-state index contributed by atoms with van der Waals surface area (Å²) in [4.78, 5) is 39.7. The number of hydrogen-bond donors (Lipinski definition) is 1. The molecule has 1 aliphatic heterocycles. The van der Waals surface area contributed by atoms with Gasteiger partial charge in [0.1, 0.15) is 0 Å². The monoisotopic (exact) mass is 371 g/mol. The van der Waals surface area contributed by atoms with Gasteiger partial charge in [-0.2, -0.15) is 0 Å². The summed E-state index contributed by atoms with van der Waals surface area (Å²) in [6.07, 6.45) is 4.77. The van der Waals surface area contributed by atoms with Crippen LogP contribution in [0.1, 0.15) is 38.2 Å². The van der Waals surface area contributed by atoms with Crippen molar-refractivity contribution >= 4 is 23.9 Å². The standard InChI is InChI=1S/C21H29N3O3/c1-2-16-5-3-4-6-19(16)22-20(26)17-7-9-18(10-8-17)21(27)24-13-11-23(15-25)12-14-24/h3-6,15,17-18H,2,7-14H2,1H3,(H,22,26). The molecule has 0 spiro atoms. The molecule has 0 aromatic heterocycles. The van der Waals surface area contributed by atoms with Crippen LogP contribution in [0.25, 0.3) is 0 Å². The van der Waals surface area contributed by atoms with Crippen LogP contribution in [-0.2, 0) is 20.8 Å². The molecule has 1 saturated carbocycles. The van der Waals surface area contributed by atoms with E-state index >= 15 is 0 Å². The second-order valence-corrected chi connectivity index (χ2v) is 7.52. The van der Waals surface area contributed by atoms with Crippen molar-refractivity contribution in [1.29, 1.82) is 0 Å². The lowest BCUT2D eigenvalue weighted by atomic mass is 9.80. The average molecular weight is 371 g/mol. The minimum atomic E-state index is -0.0223. The molecule has 6 nitrogen and oxygen atoms in total. The van der Waals surface area contributed by atoms with Gasteiger partial charge in [0.25, 0.3) is 0 Å². The Labute approximate surface area is 160 Å². The van der Waals surface area contributed by atoms with Crippen molar-refractivity contribution in [3.8, 4) is 0 Å². The van der Waals surface area contributed by atoms with Crippen molar-refractivity contribution in [1.82, 2.24) is 9.80 Å². The average Bonchev–Trinajstić information content (AvgIpc) is 2.73. The molecule has 1 saturated heterocycles. The largest absolute Gasteiger partial charge is 0.342 e. The number of piperazine rings is 1. The Bertz CT molecular complexity index is 675. The Balaban J connectivity index is 1.49. The quantitative estimate of drug-likeness (QED) is 0.808. The summed E-state index contributed by atoms with van der Waals surface area (Å²) in [6.45, 7) is 4.54. The minimum Gasteiger partial charge on any atom is -0.342 e. The highest BCUT2D eigenvalue weighted by Crippen LogP contribution is 2.31. The first-order chi connectivity index (χ1) is 13.1. The smallest absolute Gasteiger partial charge is 0.227 e. The summed E-state index contributed by atoms with van der Waals surface area (Å²) in [5, 5.41) is 3.08. The number of amides is 3. The number of para-hydroxylation sites is 1. The van der Waals surface area contributed by atoms with Gasteiger partial charge in [-0.25, -0.2) is 0 Å². The topological polar surface area (TPSA) is 69.7 Å². The van der Waals surface area contributed by atoms with Crippen LogP contribution >= 0.6 is 0 Å². The van der Waals surface area contributed by atoms with Crippen LogP contribution in [0, 0.1) is 11.8 Å². The molecular formula is C21H29N3O3. The van der Waals surface area contributed by atoms with Crippen molar-refractivity contribution in [2.75, 3.05) is 31.5 Å². The molecule has 0 unspecified atom stereocenters. The fraction of sp³-hybridized carbons (Fsp3) is 0.571. The van der Waals surface area contributed by atoms with Gasteiger partial charge in [0.05, 0.1) is 0 Å². The lowest BCUT2D eigenvalue weighted by Crippen LogP contribution is -2.50. The van der Waals surface area contributed by atoms with E-state index in [2.05, 4.69) is 12.2 Å². The molecule has 1 aromatic rings. The third-order valence-corrected chi connectivity index (χ3v) is 5.88. The lowest BCUT2D eigenvalue weighted by Gasteiger charge is -2.36. The molecule has 1 heterocycles. The van der Waals surface area contributed by atoms with Crippen LogP contribution in [0.2, 0.25) is 0 Å². The summed E-state index contributed by atoms with van der Waals surface area (Å²) in [6, 6.07) is 7.91. The van der Waals surface area contributed by atoms with E-state index in [4.69, 9.17) is 0 Å². The van der Waals surface area contributed by atoms with Crippen LogP contribution < -0.4 is 5.32 Å². The van der Waals surface area contributed by atoms with Gasteiger partial charge in [-0.3, -0.25) is 14.4 Å². The first-order valence-corrected chi connectivity index (χ1v) is 9.99. The van der Waals surface area contributed by atoms with E-state index < -0.39 is 0 Å². The number of carbonyl (C=O) groups is 3. The van der Waals surface area contributed by atoms with Crippen molar-refractivity contribution in [3.05, 3.63) is 29.8 Å². The van der Waals surface area contributed by atoms with Gasteiger partial charge in [-0.05, 0) is 43.7 Å². The zero-order valence-electron chi connectivity index (χ0n) is 16.0. The summed E-state index contributed by atoms with van der Waals surface area (Å²) in [5.41, 5.74) is 2.04. The number of rotatable bonds is 5. The normalized spacial score (nSPS) is 23.0. The molecule has 27 heavy (non-hydrogen) atoms. The zero-order valence-corrected chi connectivity index (χ0v) is 16.0. The molecule has 1 aliphatic carbocycles. The second kappa shape index (κ2) is 9.02. The summed E-state index contributed by atoms with van der Waals surface area (Å²) in [7, 11) is 0. The molecule has 146 valence electrons. The second-order valence-electron chi connectivity index (χ2n) is 7.52. The van der Waals surface area contributed by atoms with Gasteiger partial charge in [0, 0.05) is 43.7 Å². The Morgan fingerprint density at radius 1 is 1.04 bits per heavy atom. The van der Waals surface area contributed by atoms with Crippen molar-refractivity contribution in [2.24, 2.45) is 11.8 Å². The molecule has 0 bridgehead atoms. The van der Waals surface area contributed by atoms with Crippen molar-refractivity contribution in [3.63, 3.8) is 0 Å². The third kappa shape index (κ3) is 4.67. The maximum atomic E-state index is 12.7. The highest BCUT2D eigenvalue weighted by molar-refractivity contribution is 5.93. The SMILES string of the molecule is CCc1ccccc1NC(=O)C1CCC(C(=O)N2CCN(C=O)CC2)CC1. The van der Waals surface area contributed by atoms with Gasteiger partial charge < -0.3 is 15.1 Å². The molecule has 3 amide bonds. The summed E-state index contributed by atoms with van der Waals surface area (Å²) < 4.78 is 0. The number of anilines is 1. The molecule has 6 heteroatoms. The van der Waals surface area contributed by atoms with Gasteiger partial charge in [0.2, 0.25) is 18.2 Å². The minimum absolute atomic E-state index is 0.0137. The Kier molecular flexibility index (Phi) is 6.48. The van der Waals surface area contributed by atoms with Crippen LogP contribution in [0.4, 0.5) is 5.69 Å². The zero-order chi connectivity index (χ0) is 19.2. The fourth-order valence-electron chi connectivity index (χ4n) is 4.09.